The van der Waals surface area contributed by atoms with Gasteiger partial charge in [0.25, 0.3) is 10.0 Å². The van der Waals surface area contributed by atoms with E-state index < -0.39 is 34.3 Å². The summed E-state index contributed by atoms with van der Waals surface area (Å²) in [7, 11) is -4.24. The lowest BCUT2D eigenvalue weighted by molar-refractivity contribution is -0.139. The largest absolute Gasteiger partial charge is 0.354 e. The molecule has 1 N–H and O–H groups in total. The Bertz CT molecular complexity index is 1320. The number of carbonyl (C=O) groups excluding carboxylic acids is 2. The fraction of sp³-hybridized carbons (Fsp3) is 0.259. The van der Waals surface area contributed by atoms with Gasteiger partial charge in [-0.2, -0.15) is 0 Å². The Balaban J connectivity index is 2.02. The topological polar surface area (TPSA) is 86.8 Å². The van der Waals surface area contributed by atoms with Crippen LogP contribution in [0.5, 0.6) is 0 Å². The highest BCUT2D eigenvalue weighted by atomic mass is 35.5. The standard InChI is InChI=1S/C27H29ClFN3O4S/c1-3-16-30-27(34)20(2)31(18-21-10-6-4-7-11-21)26(33)19-32(22-14-15-25(29)24(28)17-22)37(35,36)23-12-8-5-9-13-23/h4-15,17,20H,3,16,18-19H2,1-2H3,(H,30,34)/t20-/m0/s1. The second kappa shape index (κ2) is 12.7. The van der Waals surface area contributed by atoms with E-state index in [4.69, 9.17) is 11.6 Å². The molecule has 37 heavy (non-hydrogen) atoms. The van der Waals surface area contributed by atoms with Crippen LogP contribution >= 0.6 is 11.6 Å². The third-order valence-electron chi connectivity index (χ3n) is 5.71. The van der Waals surface area contributed by atoms with Gasteiger partial charge in [-0.05, 0) is 49.2 Å². The molecule has 0 spiro atoms. The first-order valence-electron chi connectivity index (χ1n) is 11.8. The number of rotatable bonds is 11. The van der Waals surface area contributed by atoms with Gasteiger partial charge >= 0.3 is 0 Å². The molecule has 0 aliphatic rings. The van der Waals surface area contributed by atoms with E-state index in [9.17, 15) is 22.4 Å². The van der Waals surface area contributed by atoms with Crippen LogP contribution in [0.4, 0.5) is 10.1 Å². The van der Waals surface area contributed by atoms with Crippen LogP contribution in [-0.4, -0.2) is 44.3 Å². The van der Waals surface area contributed by atoms with Crippen LogP contribution in [0.25, 0.3) is 0 Å². The third-order valence-corrected chi connectivity index (χ3v) is 7.79. The van der Waals surface area contributed by atoms with Crippen molar-refractivity contribution in [2.45, 2.75) is 37.8 Å². The van der Waals surface area contributed by atoms with Crippen molar-refractivity contribution in [2.75, 3.05) is 17.4 Å². The Kier molecular flexibility index (Phi) is 9.66. The first-order valence-corrected chi connectivity index (χ1v) is 13.6. The fourth-order valence-corrected chi connectivity index (χ4v) is 5.25. The van der Waals surface area contributed by atoms with E-state index in [1.807, 2.05) is 37.3 Å². The molecule has 196 valence electrons. The molecule has 0 aromatic heterocycles. The fourth-order valence-electron chi connectivity index (χ4n) is 3.65. The average Bonchev–Trinajstić information content (AvgIpc) is 2.91. The minimum Gasteiger partial charge on any atom is -0.354 e. The van der Waals surface area contributed by atoms with Gasteiger partial charge in [-0.3, -0.25) is 13.9 Å². The molecule has 0 saturated heterocycles. The number of carbonyl (C=O) groups is 2. The van der Waals surface area contributed by atoms with Crippen LogP contribution in [0.1, 0.15) is 25.8 Å². The van der Waals surface area contributed by atoms with E-state index in [2.05, 4.69) is 5.32 Å². The lowest BCUT2D eigenvalue weighted by atomic mass is 10.1. The minimum atomic E-state index is -4.24. The maximum Gasteiger partial charge on any atom is 0.264 e. The summed E-state index contributed by atoms with van der Waals surface area (Å²) in [5.41, 5.74) is 0.791. The van der Waals surface area contributed by atoms with E-state index >= 15 is 0 Å². The van der Waals surface area contributed by atoms with Crippen LogP contribution in [0, 0.1) is 5.82 Å². The summed E-state index contributed by atoms with van der Waals surface area (Å²) in [5.74, 6) is -1.68. The summed E-state index contributed by atoms with van der Waals surface area (Å²) in [4.78, 5) is 27.8. The molecule has 0 aliphatic heterocycles. The van der Waals surface area contributed by atoms with Gasteiger partial charge in [0.15, 0.2) is 0 Å². The molecular formula is C27H29ClFN3O4S. The van der Waals surface area contributed by atoms with E-state index in [1.165, 1.54) is 23.1 Å². The Hall–Kier alpha value is -3.43. The zero-order chi connectivity index (χ0) is 27.0. The molecule has 0 unspecified atom stereocenters. The molecule has 0 fully saturated rings. The summed E-state index contributed by atoms with van der Waals surface area (Å²) < 4.78 is 42.0. The molecule has 0 saturated carbocycles. The summed E-state index contributed by atoms with van der Waals surface area (Å²) in [6, 6.07) is 19.2. The van der Waals surface area contributed by atoms with Gasteiger partial charge in [-0.15, -0.1) is 0 Å². The molecule has 7 nitrogen and oxygen atoms in total. The Labute approximate surface area is 221 Å². The molecule has 10 heteroatoms. The number of anilines is 1. The monoisotopic (exact) mass is 545 g/mol. The molecule has 0 bridgehead atoms. The predicted molar refractivity (Wildman–Crippen MR) is 142 cm³/mol. The highest BCUT2D eigenvalue weighted by Crippen LogP contribution is 2.28. The van der Waals surface area contributed by atoms with Gasteiger partial charge in [-0.1, -0.05) is 67.1 Å². The van der Waals surface area contributed by atoms with Crippen molar-refractivity contribution < 1.29 is 22.4 Å². The van der Waals surface area contributed by atoms with Gasteiger partial charge < -0.3 is 10.2 Å². The molecule has 1 atom stereocenters. The van der Waals surface area contributed by atoms with Crippen LogP contribution < -0.4 is 9.62 Å². The minimum absolute atomic E-state index is 0.0198. The average molecular weight is 546 g/mol. The Morgan fingerprint density at radius 2 is 1.62 bits per heavy atom. The third kappa shape index (κ3) is 7.08. The van der Waals surface area contributed by atoms with Crippen molar-refractivity contribution in [3.8, 4) is 0 Å². The zero-order valence-corrected chi connectivity index (χ0v) is 22.2. The van der Waals surface area contributed by atoms with E-state index in [1.54, 1.807) is 25.1 Å². The molecule has 0 radical (unpaired) electrons. The molecule has 0 heterocycles. The van der Waals surface area contributed by atoms with Crippen LogP contribution in [0.15, 0.2) is 83.8 Å². The second-order valence-corrected chi connectivity index (χ2v) is 10.7. The van der Waals surface area contributed by atoms with Crippen molar-refractivity contribution in [3.63, 3.8) is 0 Å². The number of halogens is 2. The maximum absolute atomic E-state index is 13.9. The lowest BCUT2D eigenvalue weighted by Gasteiger charge is -2.32. The predicted octanol–water partition coefficient (Wildman–Crippen LogP) is 4.62. The van der Waals surface area contributed by atoms with Crippen molar-refractivity contribution in [1.29, 1.82) is 0 Å². The summed E-state index contributed by atoms with van der Waals surface area (Å²) in [6.45, 7) is 3.41. The van der Waals surface area contributed by atoms with Gasteiger partial charge in [0.1, 0.15) is 18.4 Å². The first kappa shape index (κ1) is 28.1. The molecule has 3 rings (SSSR count). The molecule has 0 aliphatic carbocycles. The maximum atomic E-state index is 13.9. The summed E-state index contributed by atoms with van der Waals surface area (Å²) in [6.07, 6.45) is 0.722. The number of hydrogen-bond donors (Lipinski definition) is 1. The molecule has 3 aromatic rings. The highest BCUT2D eigenvalue weighted by Gasteiger charge is 2.32. The number of nitrogens with zero attached hydrogens (tertiary/aromatic N) is 2. The van der Waals surface area contributed by atoms with Gasteiger partial charge in [0.2, 0.25) is 11.8 Å². The first-order chi connectivity index (χ1) is 17.6. The number of nitrogens with one attached hydrogen (secondary N) is 1. The smallest absolute Gasteiger partial charge is 0.264 e. The zero-order valence-electron chi connectivity index (χ0n) is 20.6. The van der Waals surface area contributed by atoms with Crippen LogP contribution in [0.2, 0.25) is 5.02 Å². The van der Waals surface area contributed by atoms with E-state index in [0.717, 1.165) is 28.4 Å². The number of amides is 2. The van der Waals surface area contributed by atoms with E-state index in [-0.39, 0.29) is 28.1 Å². The van der Waals surface area contributed by atoms with Gasteiger partial charge in [-0.25, -0.2) is 12.8 Å². The quantitative estimate of drug-likeness (QED) is 0.381. The van der Waals surface area contributed by atoms with Crippen LogP contribution in [-0.2, 0) is 26.2 Å². The van der Waals surface area contributed by atoms with E-state index in [0.29, 0.717) is 6.54 Å². The van der Waals surface area contributed by atoms with Crippen molar-refractivity contribution in [1.82, 2.24) is 10.2 Å². The van der Waals surface area contributed by atoms with Crippen LogP contribution in [0.3, 0.4) is 0 Å². The van der Waals surface area contributed by atoms with Crippen molar-refractivity contribution >= 4 is 39.1 Å². The Morgan fingerprint density at radius 3 is 2.22 bits per heavy atom. The van der Waals surface area contributed by atoms with Crippen molar-refractivity contribution in [3.05, 3.63) is 95.3 Å². The molecule has 2 amide bonds. The summed E-state index contributed by atoms with van der Waals surface area (Å²) in [5, 5.41) is 2.50. The highest BCUT2D eigenvalue weighted by molar-refractivity contribution is 7.92. The number of benzene rings is 3. The van der Waals surface area contributed by atoms with Gasteiger partial charge in [0, 0.05) is 13.1 Å². The molecular weight excluding hydrogens is 517 g/mol. The molecule has 3 aromatic carbocycles. The number of sulfonamides is 1. The SMILES string of the molecule is CCCNC(=O)[C@H](C)N(Cc1ccccc1)C(=O)CN(c1ccc(F)c(Cl)c1)S(=O)(=O)c1ccccc1. The Morgan fingerprint density at radius 1 is 1.00 bits per heavy atom. The summed E-state index contributed by atoms with van der Waals surface area (Å²) >= 11 is 5.96. The normalized spacial score (nSPS) is 12.0. The van der Waals surface area contributed by atoms with Crippen molar-refractivity contribution in [2.24, 2.45) is 0 Å². The number of hydrogen-bond acceptors (Lipinski definition) is 4. The second-order valence-electron chi connectivity index (χ2n) is 8.40. The lowest BCUT2D eigenvalue weighted by Crippen LogP contribution is -2.51. The van der Waals surface area contributed by atoms with Gasteiger partial charge in [0.05, 0.1) is 15.6 Å².